The summed E-state index contributed by atoms with van der Waals surface area (Å²) in [4.78, 5) is 11.0. The van der Waals surface area contributed by atoms with Crippen molar-refractivity contribution >= 4 is 5.97 Å². The molecule has 0 bridgehead atoms. The van der Waals surface area contributed by atoms with Crippen molar-refractivity contribution in [2.45, 2.75) is 51.7 Å². The van der Waals surface area contributed by atoms with Crippen molar-refractivity contribution < 1.29 is 23.1 Å². The summed E-state index contributed by atoms with van der Waals surface area (Å²) in [6.07, 6.45) is -5.39. The Bertz CT molecular complexity index is 254. The lowest BCUT2D eigenvalue weighted by Gasteiger charge is -2.27. The smallest absolute Gasteiger partial charge is 0.389 e. The van der Waals surface area contributed by atoms with E-state index in [1.807, 2.05) is 13.8 Å². The number of rotatable bonds is 7. The second-order valence-electron chi connectivity index (χ2n) is 4.88. The van der Waals surface area contributed by atoms with Gasteiger partial charge in [-0.2, -0.15) is 13.2 Å². The molecule has 0 amide bonds. The number of nitrogens with one attached hydrogen (secondary N) is 1. The maximum Gasteiger partial charge on any atom is 0.389 e. The monoisotopic (exact) mass is 255 g/mol. The summed E-state index contributed by atoms with van der Waals surface area (Å²) in [7, 11) is 0. The standard InChI is InChI=1S/C11H20F3NO2/c1-8(2)7-15-10(3,9(16)17)5-4-6-11(12,13)14/h8,15H,4-7H2,1-3H3,(H,16,17). The van der Waals surface area contributed by atoms with Gasteiger partial charge in [0, 0.05) is 6.42 Å². The van der Waals surface area contributed by atoms with Gasteiger partial charge < -0.3 is 10.4 Å². The van der Waals surface area contributed by atoms with E-state index in [9.17, 15) is 18.0 Å². The molecule has 0 saturated carbocycles. The van der Waals surface area contributed by atoms with Gasteiger partial charge in [0.1, 0.15) is 5.54 Å². The number of halogens is 3. The highest BCUT2D eigenvalue weighted by Crippen LogP contribution is 2.25. The van der Waals surface area contributed by atoms with Crippen LogP contribution in [0.1, 0.15) is 40.0 Å². The Hall–Kier alpha value is -0.780. The molecule has 0 aromatic carbocycles. The second-order valence-corrected chi connectivity index (χ2v) is 4.88. The molecule has 6 heteroatoms. The molecule has 0 aliphatic carbocycles. The predicted octanol–water partition coefficient (Wildman–Crippen LogP) is 2.81. The van der Waals surface area contributed by atoms with Crippen LogP contribution in [0.3, 0.4) is 0 Å². The maximum absolute atomic E-state index is 12.0. The molecule has 0 heterocycles. The van der Waals surface area contributed by atoms with Gasteiger partial charge in [-0.1, -0.05) is 13.8 Å². The number of hydrogen-bond donors (Lipinski definition) is 2. The molecule has 1 unspecified atom stereocenters. The maximum atomic E-state index is 12.0. The lowest BCUT2D eigenvalue weighted by Crippen LogP contribution is -2.50. The summed E-state index contributed by atoms with van der Waals surface area (Å²) in [5, 5.41) is 11.8. The van der Waals surface area contributed by atoms with Crippen LogP contribution in [0.5, 0.6) is 0 Å². The Labute approximate surface area is 99.4 Å². The third-order valence-electron chi connectivity index (χ3n) is 2.51. The van der Waals surface area contributed by atoms with Crippen molar-refractivity contribution in [1.29, 1.82) is 0 Å². The minimum Gasteiger partial charge on any atom is -0.480 e. The van der Waals surface area contributed by atoms with E-state index in [-0.39, 0.29) is 18.8 Å². The number of carboxylic acids is 1. The number of alkyl halides is 3. The highest BCUT2D eigenvalue weighted by atomic mass is 19.4. The van der Waals surface area contributed by atoms with E-state index in [2.05, 4.69) is 5.32 Å². The summed E-state index contributed by atoms with van der Waals surface area (Å²) in [5.74, 6) is -0.864. The van der Waals surface area contributed by atoms with Crippen LogP contribution in [0.2, 0.25) is 0 Å². The van der Waals surface area contributed by atoms with Crippen LogP contribution in [0.25, 0.3) is 0 Å². The molecule has 0 saturated heterocycles. The van der Waals surface area contributed by atoms with Gasteiger partial charge in [-0.3, -0.25) is 4.79 Å². The van der Waals surface area contributed by atoms with E-state index in [1.54, 1.807) is 0 Å². The van der Waals surface area contributed by atoms with Crippen molar-refractivity contribution in [3.63, 3.8) is 0 Å². The summed E-state index contributed by atoms with van der Waals surface area (Å²) in [6, 6.07) is 0. The Morgan fingerprint density at radius 1 is 1.29 bits per heavy atom. The topological polar surface area (TPSA) is 49.3 Å². The summed E-state index contributed by atoms with van der Waals surface area (Å²) >= 11 is 0. The first-order chi connectivity index (χ1) is 7.57. The fourth-order valence-corrected chi connectivity index (χ4v) is 1.34. The van der Waals surface area contributed by atoms with Crippen molar-refractivity contribution in [1.82, 2.24) is 5.32 Å². The van der Waals surface area contributed by atoms with Crippen molar-refractivity contribution in [2.75, 3.05) is 6.54 Å². The van der Waals surface area contributed by atoms with Gasteiger partial charge in [0.05, 0.1) is 0 Å². The zero-order valence-electron chi connectivity index (χ0n) is 10.4. The van der Waals surface area contributed by atoms with E-state index in [0.717, 1.165) is 0 Å². The number of aliphatic carboxylic acids is 1. The molecule has 0 aromatic rings. The van der Waals surface area contributed by atoms with Gasteiger partial charge in [-0.15, -0.1) is 0 Å². The summed E-state index contributed by atoms with van der Waals surface area (Å²) in [5.41, 5.74) is -1.28. The molecule has 3 nitrogen and oxygen atoms in total. The largest absolute Gasteiger partial charge is 0.480 e. The molecule has 0 rings (SSSR count). The number of carbonyl (C=O) groups is 1. The molecule has 0 aliphatic heterocycles. The zero-order chi connectivity index (χ0) is 13.7. The Kier molecular flexibility index (Phi) is 5.95. The summed E-state index contributed by atoms with van der Waals surface area (Å²) in [6.45, 7) is 5.71. The zero-order valence-corrected chi connectivity index (χ0v) is 10.4. The van der Waals surface area contributed by atoms with E-state index in [0.29, 0.717) is 6.54 Å². The van der Waals surface area contributed by atoms with Crippen LogP contribution in [-0.2, 0) is 4.79 Å². The molecule has 0 aromatic heterocycles. The molecular weight excluding hydrogens is 235 g/mol. The van der Waals surface area contributed by atoms with Gasteiger partial charge in [-0.05, 0) is 32.2 Å². The Morgan fingerprint density at radius 2 is 1.82 bits per heavy atom. The van der Waals surface area contributed by atoms with Crippen LogP contribution in [-0.4, -0.2) is 29.3 Å². The number of hydrogen-bond acceptors (Lipinski definition) is 2. The third-order valence-corrected chi connectivity index (χ3v) is 2.51. The quantitative estimate of drug-likeness (QED) is 0.735. The van der Waals surface area contributed by atoms with Crippen molar-refractivity contribution in [3.8, 4) is 0 Å². The summed E-state index contributed by atoms with van der Waals surface area (Å²) < 4.78 is 35.9. The molecule has 0 spiro atoms. The highest BCUT2D eigenvalue weighted by Gasteiger charge is 2.34. The molecule has 0 radical (unpaired) electrons. The Balaban J connectivity index is 4.27. The van der Waals surface area contributed by atoms with Crippen molar-refractivity contribution in [3.05, 3.63) is 0 Å². The van der Waals surface area contributed by atoms with Crippen LogP contribution in [0.15, 0.2) is 0 Å². The predicted molar refractivity (Wildman–Crippen MR) is 58.8 cm³/mol. The second kappa shape index (κ2) is 6.23. The normalized spacial score (nSPS) is 15.9. The molecule has 102 valence electrons. The van der Waals surface area contributed by atoms with Gasteiger partial charge in [0.15, 0.2) is 0 Å². The van der Waals surface area contributed by atoms with Gasteiger partial charge >= 0.3 is 12.1 Å². The molecule has 1 atom stereocenters. The first kappa shape index (κ1) is 16.2. The minimum atomic E-state index is -4.22. The average Bonchev–Trinajstić information content (AvgIpc) is 2.12. The molecule has 0 aliphatic rings. The SMILES string of the molecule is CC(C)CNC(C)(CCCC(F)(F)F)C(=O)O. The van der Waals surface area contributed by atoms with E-state index < -0.39 is 24.1 Å². The van der Waals surface area contributed by atoms with E-state index >= 15 is 0 Å². The van der Waals surface area contributed by atoms with Crippen LogP contribution < -0.4 is 5.32 Å². The molecular formula is C11H20F3NO2. The number of carboxylic acid groups (broad SMARTS) is 1. The fraction of sp³-hybridized carbons (Fsp3) is 0.909. The highest BCUT2D eigenvalue weighted by molar-refractivity contribution is 5.78. The van der Waals surface area contributed by atoms with Gasteiger partial charge in [-0.25, -0.2) is 0 Å². The minimum absolute atomic E-state index is 0.0332. The van der Waals surface area contributed by atoms with Crippen LogP contribution in [0, 0.1) is 5.92 Å². The molecule has 2 N–H and O–H groups in total. The first-order valence-corrected chi connectivity index (χ1v) is 5.62. The lowest BCUT2D eigenvalue weighted by atomic mass is 9.94. The molecule has 0 fully saturated rings. The Morgan fingerprint density at radius 3 is 2.18 bits per heavy atom. The fourth-order valence-electron chi connectivity index (χ4n) is 1.34. The van der Waals surface area contributed by atoms with E-state index in [1.165, 1.54) is 6.92 Å². The van der Waals surface area contributed by atoms with Crippen LogP contribution >= 0.6 is 0 Å². The van der Waals surface area contributed by atoms with E-state index in [4.69, 9.17) is 5.11 Å². The van der Waals surface area contributed by atoms with Gasteiger partial charge in [0.2, 0.25) is 0 Å². The first-order valence-electron chi connectivity index (χ1n) is 5.62. The van der Waals surface area contributed by atoms with Crippen LogP contribution in [0.4, 0.5) is 13.2 Å². The third kappa shape index (κ3) is 7.20. The lowest BCUT2D eigenvalue weighted by molar-refractivity contribution is -0.147. The van der Waals surface area contributed by atoms with Gasteiger partial charge in [0.25, 0.3) is 0 Å². The molecule has 17 heavy (non-hydrogen) atoms. The average molecular weight is 255 g/mol. The van der Waals surface area contributed by atoms with Crippen molar-refractivity contribution in [2.24, 2.45) is 5.92 Å².